The second kappa shape index (κ2) is 15.2. The first-order chi connectivity index (χ1) is 11.8. The molecule has 0 heterocycles. The summed E-state index contributed by atoms with van der Waals surface area (Å²) in [5.41, 5.74) is 0. The highest BCUT2D eigenvalue weighted by molar-refractivity contribution is 5.69. The molecule has 0 saturated heterocycles. The van der Waals surface area contributed by atoms with Crippen molar-refractivity contribution in [2.45, 2.75) is 92.4 Å². The van der Waals surface area contributed by atoms with E-state index >= 15 is 0 Å². The summed E-state index contributed by atoms with van der Waals surface area (Å²) in [5.74, 6) is 1.50. The molecule has 0 aliphatic rings. The molecule has 0 aliphatic carbocycles. The summed E-state index contributed by atoms with van der Waals surface area (Å²) in [4.78, 5) is 23.1. The Morgan fingerprint density at radius 3 is 1.84 bits per heavy atom. The van der Waals surface area contributed by atoms with Crippen molar-refractivity contribution in [2.75, 3.05) is 13.2 Å². The topological polar surface area (TPSA) is 52.6 Å². The monoisotopic (exact) mass is 356 g/mol. The summed E-state index contributed by atoms with van der Waals surface area (Å²) >= 11 is 0. The maximum Gasteiger partial charge on any atom is 0.305 e. The second-order valence-electron chi connectivity index (χ2n) is 8.08. The fraction of sp³-hybridized carbons (Fsp3) is 0.905. The van der Waals surface area contributed by atoms with Crippen LogP contribution in [0.15, 0.2) is 0 Å². The Labute approximate surface area is 155 Å². The predicted octanol–water partition coefficient (Wildman–Crippen LogP) is 5.53. The molecule has 0 aliphatic heterocycles. The van der Waals surface area contributed by atoms with Gasteiger partial charge in [-0.15, -0.1) is 0 Å². The van der Waals surface area contributed by atoms with Crippen LogP contribution in [-0.2, 0) is 19.1 Å². The van der Waals surface area contributed by atoms with Crippen LogP contribution in [0.25, 0.3) is 0 Å². The van der Waals surface area contributed by atoms with E-state index in [1.54, 1.807) is 0 Å². The van der Waals surface area contributed by atoms with Crippen molar-refractivity contribution >= 4 is 11.9 Å². The Balaban J connectivity index is 3.48. The normalized spacial score (nSPS) is 12.4. The van der Waals surface area contributed by atoms with Crippen LogP contribution in [0.2, 0.25) is 0 Å². The summed E-state index contributed by atoms with van der Waals surface area (Å²) in [6.07, 6.45) is 7.99. The van der Waals surface area contributed by atoms with E-state index in [-0.39, 0.29) is 11.9 Å². The molecule has 0 bridgehead atoms. The van der Waals surface area contributed by atoms with E-state index < -0.39 is 0 Å². The van der Waals surface area contributed by atoms with Gasteiger partial charge in [0.15, 0.2) is 0 Å². The number of rotatable bonds is 15. The van der Waals surface area contributed by atoms with E-state index in [1.807, 2.05) is 13.8 Å². The third kappa shape index (κ3) is 17.6. The molecule has 0 aromatic rings. The molecule has 0 aromatic heterocycles. The van der Waals surface area contributed by atoms with Crippen LogP contribution >= 0.6 is 0 Å². The summed E-state index contributed by atoms with van der Waals surface area (Å²) < 4.78 is 10.4. The molecule has 0 rings (SSSR count). The lowest BCUT2D eigenvalue weighted by molar-refractivity contribution is -0.145. The summed E-state index contributed by atoms with van der Waals surface area (Å²) in [5, 5.41) is 0. The smallest absolute Gasteiger partial charge is 0.305 e. The quantitative estimate of drug-likeness (QED) is 0.286. The van der Waals surface area contributed by atoms with Crippen LogP contribution in [0.3, 0.4) is 0 Å². The van der Waals surface area contributed by atoms with Crippen LogP contribution in [0.5, 0.6) is 0 Å². The molecule has 148 valence electrons. The largest absolute Gasteiger partial charge is 0.466 e. The zero-order chi connectivity index (χ0) is 19.1. The molecule has 0 fully saturated rings. The van der Waals surface area contributed by atoms with Crippen LogP contribution < -0.4 is 0 Å². The molecule has 4 nitrogen and oxygen atoms in total. The van der Waals surface area contributed by atoms with Crippen molar-refractivity contribution in [1.82, 2.24) is 0 Å². The average molecular weight is 357 g/mol. The van der Waals surface area contributed by atoms with Crippen molar-refractivity contribution in [3.8, 4) is 0 Å². The first-order valence-corrected chi connectivity index (χ1v) is 10.1. The molecule has 1 atom stereocenters. The van der Waals surface area contributed by atoms with Crippen LogP contribution in [0, 0.1) is 17.8 Å². The second-order valence-corrected chi connectivity index (χ2v) is 8.08. The van der Waals surface area contributed by atoms with E-state index in [9.17, 15) is 9.59 Å². The highest BCUT2D eigenvalue weighted by atomic mass is 16.5. The van der Waals surface area contributed by atoms with Crippen LogP contribution in [0.4, 0.5) is 0 Å². The molecule has 0 radical (unpaired) electrons. The maximum absolute atomic E-state index is 11.7. The Bertz CT molecular complexity index is 350. The van der Waals surface area contributed by atoms with Gasteiger partial charge in [-0.3, -0.25) is 9.59 Å². The fourth-order valence-corrected chi connectivity index (χ4v) is 2.51. The van der Waals surface area contributed by atoms with Crippen molar-refractivity contribution < 1.29 is 19.1 Å². The number of carbonyl (C=O) groups excluding carboxylic acids is 2. The zero-order valence-corrected chi connectivity index (χ0v) is 17.1. The van der Waals surface area contributed by atoms with Gasteiger partial charge in [0, 0.05) is 12.8 Å². The molecule has 0 amide bonds. The molecule has 1 unspecified atom stereocenters. The minimum absolute atomic E-state index is 0.114. The molecular formula is C21H40O4. The van der Waals surface area contributed by atoms with Gasteiger partial charge >= 0.3 is 11.9 Å². The molecule has 0 N–H and O–H groups in total. The fourth-order valence-electron chi connectivity index (χ4n) is 2.51. The number of unbranched alkanes of at least 4 members (excludes halogenated alkanes) is 2. The van der Waals surface area contributed by atoms with Gasteiger partial charge in [0.2, 0.25) is 0 Å². The zero-order valence-electron chi connectivity index (χ0n) is 17.1. The maximum atomic E-state index is 11.7. The standard InChI is InChI=1S/C21H40O4/c1-17(2)10-9-11-19(5)14-15-24-20(22)12-7-6-8-13-21(23)25-16-18(3)4/h17-19H,6-16H2,1-5H3. The summed E-state index contributed by atoms with van der Waals surface area (Å²) in [6, 6.07) is 0. The van der Waals surface area contributed by atoms with Gasteiger partial charge < -0.3 is 9.47 Å². The van der Waals surface area contributed by atoms with Gasteiger partial charge in [-0.1, -0.05) is 60.3 Å². The van der Waals surface area contributed by atoms with E-state index in [2.05, 4.69) is 20.8 Å². The van der Waals surface area contributed by atoms with Crippen molar-refractivity contribution in [3.63, 3.8) is 0 Å². The Morgan fingerprint density at radius 1 is 0.680 bits per heavy atom. The van der Waals surface area contributed by atoms with Gasteiger partial charge in [0.1, 0.15) is 0 Å². The number of esters is 2. The van der Waals surface area contributed by atoms with Crippen LogP contribution in [-0.4, -0.2) is 25.2 Å². The first-order valence-electron chi connectivity index (χ1n) is 10.1. The lowest BCUT2D eigenvalue weighted by Crippen LogP contribution is -2.10. The third-order valence-electron chi connectivity index (χ3n) is 4.19. The highest BCUT2D eigenvalue weighted by Gasteiger charge is 2.08. The minimum Gasteiger partial charge on any atom is -0.466 e. The van der Waals surface area contributed by atoms with E-state index in [1.165, 1.54) is 19.3 Å². The average Bonchev–Trinajstić information content (AvgIpc) is 2.52. The lowest BCUT2D eigenvalue weighted by Gasteiger charge is -2.12. The highest BCUT2D eigenvalue weighted by Crippen LogP contribution is 2.15. The van der Waals surface area contributed by atoms with Gasteiger partial charge in [-0.05, 0) is 37.0 Å². The van der Waals surface area contributed by atoms with Crippen molar-refractivity contribution in [1.29, 1.82) is 0 Å². The lowest BCUT2D eigenvalue weighted by atomic mass is 9.98. The molecule has 4 heteroatoms. The number of hydrogen-bond acceptors (Lipinski definition) is 4. The molecule has 25 heavy (non-hydrogen) atoms. The minimum atomic E-state index is -0.136. The van der Waals surface area contributed by atoms with Gasteiger partial charge in [-0.2, -0.15) is 0 Å². The van der Waals surface area contributed by atoms with Crippen LogP contribution in [0.1, 0.15) is 92.4 Å². The first kappa shape index (κ1) is 23.9. The van der Waals surface area contributed by atoms with Gasteiger partial charge in [0.25, 0.3) is 0 Å². The Hall–Kier alpha value is -1.06. The Morgan fingerprint density at radius 2 is 1.28 bits per heavy atom. The van der Waals surface area contributed by atoms with E-state index in [0.717, 1.165) is 31.6 Å². The SMILES string of the molecule is CC(C)CCCC(C)CCOC(=O)CCCCCC(=O)OCC(C)C. The van der Waals surface area contributed by atoms with Gasteiger partial charge in [0.05, 0.1) is 13.2 Å². The van der Waals surface area contributed by atoms with E-state index in [0.29, 0.717) is 37.9 Å². The van der Waals surface area contributed by atoms with E-state index in [4.69, 9.17) is 9.47 Å². The molecule has 0 aromatic carbocycles. The summed E-state index contributed by atoms with van der Waals surface area (Å²) in [6.45, 7) is 11.8. The number of hydrogen-bond donors (Lipinski definition) is 0. The summed E-state index contributed by atoms with van der Waals surface area (Å²) in [7, 11) is 0. The molecule has 0 saturated carbocycles. The number of ether oxygens (including phenoxy) is 2. The van der Waals surface area contributed by atoms with Crippen molar-refractivity contribution in [2.24, 2.45) is 17.8 Å². The molecule has 0 spiro atoms. The molecular weight excluding hydrogens is 316 g/mol. The van der Waals surface area contributed by atoms with Gasteiger partial charge in [-0.25, -0.2) is 0 Å². The predicted molar refractivity (Wildman–Crippen MR) is 102 cm³/mol. The van der Waals surface area contributed by atoms with Crippen molar-refractivity contribution in [3.05, 3.63) is 0 Å². The Kier molecular flexibility index (Phi) is 14.6. The third-order valence-corrected chi connectivity index (χ3v) is 4.19. The number of carbonyl (C=O) groups is 2.